The third kappa shape index (κ3) is 4.40. The molecule has 0 spiro atoms. The fraction of sp³-hybridized carbons (Fsp3) is 0.500. The summed E-state index contributed by atoms with van der Waals surface area (Å²) in [5, 5.41) is 20.7. The molecular weight excluding hydrogens is 220 g/mol. The number of carbonyl (C=O) groups is 1. The number of aliphatic hydroxyl groups is 1. The van der Waals surface area contributed by atoms with Crippen LogP contribution >= 0.6 is 0 Å². The first-order chi connectivity index (χ1) is 8.17. The number of aliphatic hydroxyl groups excluding tert-OH is 1. The monoisotopic (exact) mass is 238 g/mol. The topological polar surface area (TPSA) is 82.5 Å². The van der Waals surface area contributed by atoms with E-state index in [0.29, 0.717) is 18.8 Å². The Labute approximate surface area is 101 Å². The molecule has 17 heavy (non-hydrogen) atoms. The Morgan fingerprint density at radius 2 is 2.18 bits per heavy atom. The number of aromatic carboxylic acids is 1. The number of unbranched alkanes of at least 4 members (excludes halogenated alkanes) is 1. The van der Waals surface area contributed by atoms with Gasteiger partial charge in [-0.3, -0.25) is 0 Å². The summed E-state index contributed by atoms with van der Waals surface area (Å²) < 4.78 is 0. The van der Waals surface area contributed by atoms with Crippen molar-refractivity contribution in [1.29, 1.82) is 0 Å². The smallest absolute Gasteiger partial charge is 0.335 e. The molecule has 1 rings (SSSR count). The third-order valence-electron chi connectivity index (χ3n) is 2.38. The fourth-order valence-electron chi connectivity index (χ4n) is 1.44. The maximum atomic E-state index is 10.9. The van der Waals surface area contributed by atoms with E-state index in [2.05, 4.69) is 10.3 Å². The molecule has 0 aliphatic rings. The number of pyridine rings is 1. The number of rotatable bonds is 7. The molecule has 1 aromatic heterocycles. The van der Waals surface area contributed by atoms with Crippen molar-refractivity contribution in [2.75, 3.05) is 18.5 Å². The fourth-order valence-corrected chi connectivity index (χ4v) is 1.44. The molecule has 0 saturated carbocycles. The van der Waals surface area contributed by atoms with E-state index < -0.39 is 5.97 Å². The molecule has 3 N–H and O–H groups in total. The van der Waals surface area contributed by atoms with Crippen LogP contribution in [-0.2, 0) is 6.42 Å². The molecule has 0 aliphatic heterocycles. The van der Waals surface area contributed by atoms with Crippen molar-refractivity contribution in [2.45, 2.75) is 26.2 Å². The van der Waals surface area contributed by atoms with Crippen molar-refractivity contribution < 1.29 is 15.0 Å². The van der Waals surface area contributed by atoms with Gasteiger partial charge in [0, 0.05) is 18.8 Å². The average Bonchev–Trinajstić information content (AvgIpc) is 2.34. The number of anilines is 1. The van der Waals surface area contributed by atoms with Gasteiger partial charge in [0.2, 0.25) is 0 Å². The lowest BCUT2D eigenvalue weighted by atomic mass is 10.2. The van der Waals surface area contributed by atoms with E-state index in [9.17, 15) is 4.79 Å². The second kappa shape index (κ2) is 6.85. The average molecular weight is 238 g/mol. The second-order valence-electron chi connectivity index (χ2n) is 3.75. The normalized spacial score (nSPS) is 10.2. The maximum Gasteiger partial charge on any atom is 0.335 e. The van der Waals surface area contributed by atoms with Gasteiger partial charge in [-0.1, -0.05) is 6.92 Å². The highest BCUT2D eigenvalue weighted by molar-refractivity contribution is 5.88. The number of hydrogen-bond acceptors (Lipinski definition) is 4. The van der Waals surface area contributed by atoms with E-state index in [0.717, 1.165) is 18.5 Å². The van der Waals surface area contributed by atoms with Crippen LogP contribution in [-0.4, -0.2) is 34.3 Å². The molecule has 5 heteroatoms. The first kappa shape index (κ1) is 13.4. The summed E-state index contributed by atoms with van der Waals surface area (Å²) in [6.45, 7) is 2.79. The standard InChI is InChI=1S/C12H18N2O3/c1-2-10-7-9(12(16)17)8-11(14-10)13-5-3-4-6-15/h7-8,15H,2-6H2,1H3,(H,13,14)(H,16,17). The van der Waals surface area contributed by atoms with Crippen LogP contribution in [0.4, 0.5) is 5.82 Å². The van der Waals surface area contributed by atoms with Crippen molar-refractivity contribution in [2.24, 2.45) is 0 Å². The number of hydrogen-bond donors (Lipinski definition) is 3. The van der Waals surface area contributed by atoms with Gasteiger partial charge in [0.05, 0.1) is 5.56 Å². The zero-order chi connectivity index (χ0) is 12.7. The summed E-state index contributed by atoms with van der Waals surface area (Å²) in [5.74, 6) is -0.361. The minimum absolute atomic E-state index is 0.171. The number of nitrogens with zero attached hydrogens (tertiary/aromatic N) is 1. The number of carboxylic acid groups (broad SMARTS) is 1. The van der Waals surface area contributed by atoms with Crippen LogP contribution in [0.2, 0.25) is 0 Å². The summed E-state index contributed by atoms with van der Waals surface area (Å²) in [6.07, 6.45) is 2.26. The van der Waals surface area contributed by atoms with Crippen molar-refractivity contribution in [3.63, 3.8) is 0 Å². The largest absolute Gasteiger partial charge is 0.478 e. The van der Waals surface area contributed by atoms with Crippen molar-refractivity contribution >= 4 is 11.8 Å². The van der Waals surface area contributed by atoms with Crippen LogP contribution < -0.4 is 5.32 Å². The lowest BCUT2D eigenvalue weighted by molar-refractivity contribution is 0.0696. The zero-order valence-corrected chi connectivity index (χ0v) is 9.94. The Morgan fingerprint density at radius 3 is 2.76 bits per heavy atom. The number of aryl methyl sites for hydroxylation is 1. The molecule has 1 heterocycles. The minimum Gasteiger partial charge on any atom is -0.478 e. The van der Waals surface area contributed by atoms with Crippen LogP contribution in [0, 0.1) is 0 Å². The molecule has 0 atom stereocenters. The molecule has 0 bridgehead atoms. The molecule has 94 valence electrons. The van der Waals surface area contributed by atoms with Gasteiger partial charge in [-0.15, -0.1) is 0 Å². The molecule has 5 nitrogen and oxygen atoms in total. The Kier molecular flexibility index (Phi) is 5.42. The minimum atomic E-state index is -0.944. The molecule has 0 radical (unpaired) electrons. The molecular formula is C12H18N2O3. The van der Waals surface area contributed by atoms with Gasteiger partial charge in [0.1, 0.15) is 5.82 Å². The highest BCUT2D eigenvalue weighted by Gasteiger charge is 2.07. The van der Waals surface area contributed by atoms with Gasteiger partial charge in [0.25, 0.3) is 0 Å². The van der Waals surface area contributed by atoms with E-state index in [1.807, 2.05) is 6.92 Å². The first-order valence-electron chi connectivity index (χ1n) is 5.76. The van der Waals surface area contributed by atoms with Gasteiger partial charge in [-0.25, -0.2) is 9.78 Å². The Bertz CT molecular complexity index is 380. The Hall–Kier alpha value is -1.62. The van der Waals surface area contributed by atoms with Gasteiger partial charge in [-0.2, -0.15) is 0 Å². The van der Waals surface area contributed by atoms with E-state index in [-0.39, 0.29) is 12.2 Å². The van der Waals surface area contributed by atoms with E-state index in [1.165, 1.54) is 6.07 Å². The van der Waals surface area contributed by atoms with E-state index >= 15 is 0 Å². The highest BCUT2D eigenvalue weighted by atomic mass is 16.4. The molecule has 0 aromatic carbocycles. The summed E-state index contributed by atoms with van der Waals surface area (Å²) >= 11 is 0. The van der Waals surface area contributed by atoms with Crippen LogP contribution in [0.15, 0.2) is 12.1 Å². The summed E-state index contributed by atoms with van der Waals surface area (Å²) in [5.41, 5.74) is 1.01. The van der Waals surface area contributed by atoms with Gasteiger partial charge in [-0.05, 0) is 31.4 Å². The zero-order valence-electron chi connectivity index (χ0n) is 9.94. The first-order valence-corrected chi connectivity index (χ1v) is 5.76. The van der Waals surface area contributed by atoms with Gasteiger partial charge in [0.15, 0.2) is 0 Å². The summed E-state index contributed by atoms with van der Waals surface area (Å²) in [7, 11) is 0. The quantitative estimate of drug-likeness (QED) is 0.627. The SMILES string of the molecule is CCc1cc(C(=O)O)cc(NCCCCO)n1. The second-order valence-corrected chi connectivity index (χ2v) is 3.75. The van der Waals surface area contributed by atoms with Crippen molar-refractivity contribution in [3.05, 3.63) is 23.4 Å². The lowest BCUT2D eigenvalue weighted by Gasteiger charge is -2.08. The van der Waals surface area contributed by atoms with E-state index in [4.69, 9.17) is 10.2 Å². The molecule has 0 fully saturated rings. The molecule has 0 saturated heterocycles. The Morgan fingerprint density at radius 1 is 1.41 bits per heavy atom. The van der Waals surface area contributed by atoms with E-state index in [1.54, 1.807) is 6.07 Å². The van der Waals surface area contributed by atoms with Gasteiger partial charge < -0.3 is 15.5 Å². The Balaban J connectivity index is 2.70. The predicted octanol–water partition coefficient (Wildman–Crippen LogP) is 1.53. The maximum absolute atomic E-state index is 10.9. The summed E-state index contributed by atoms with van der Waals surface area (Å²) in [6, 6.07) is 3.11. The third-order valence-corrected chi connectivity index (χ3v) is 2.38. The highest BCUT2D eigenvalue weighted by Crippen LogP contribution is 2.11. The van der Waals surface area contributed by atoms with Crippen LogP contribution in [0.5, 0.6) is 0 Å². The predicted molar refractivity (Wildman–Crippen MR) is 65.4 cm³/mol. The molecule has 0 aliphatic carbocycles. The van der Waals surface area contributed by atoms with Crippen LogP contribution in [0.25, 0.3) is 0 Å². The molecule has 0 amide bonds. The molecule has 1 aromatic rings. The number of carboxylic acids is 1. The number of aromatic nitrogens is 1. The van der Waals surface area contributed by atoms with Crippen LogP contribution in [0.1, 0.15) is 35.8 Å². The number of nitrogens with one attached hydrogen (secondary N) is 1. The lowest BCUT2D eigenvalue weighted by Crippen LogP contribution is -2.07. The van der Waals surface area contributed by atoms with Crippen molar-refractivity contribution in [1.82, 2.24) is 4.98 Å². The van der Waals surface area contributed by atoms with Crippen molar-refractivity contribution in [3.8, 4) is 0 Å². The summed E-state index contributed by atoms with van der Waals surface area (Å²) in [4.78, 5) is 15.2. The van der Waals surface area contributed by atoms with Gasteiger partial charge >= 0.3 is 5.97 Å². The van der Waals surface area contributed by atoms with Crippen LogP contribution in [0.3, 0.4) is 0 Å². The molecule has 0 unspecified atom stereocenters.